The van der Waals surface area contributed by atoms with Crippen molar-refractivity contribution in [2.24, 2.45) is 0 Å². The molecule has 218 valence electrons. The molecule has 0 spiro atoms. The highest BCUT2D eigenvalue weighted by Gasteiger charge is 2.44. The van der Waals surface area contributed by atoms with E-state index < -0.39 is 74.6 Å². The highest BCUT2D eigenvalue weighted by atomic mass is 32.2. The number of aromatic nitrogens is 2. The molecule has 0 bridgehead atoms. The van der Waals surface area contributed by atoms with E-state index in [9.17, 15) is 35.6 Å². The lowest BCUT2D eigenvalue weighted by molar-refractivity contribution is -0.135. The molecule has 2 heterocycles. The molecule has 0 N–H and O–H groups in total. The molecule has 1 aromatic heterocycles. The number of halogens is 4. The van der Waals surface area contributed by atoms with E-state index in [1.807, 2.05) is 0 Å². The van der Waals surface area contributed by atoms with E-state index in [1.54, 1.807) is 20.8 Å². The number of alkyl halides is 2. The van der Waals surface area contributed by atoms with Crippen LogP contribution in [0.5, 0.6) is 5.75 Å². The molecule has 1 fully saturated rings. The third-order valence-electron chi connectivity index (χ3n) is 6.25. The minimum Gasteiger partial charge on any atom is -0.478 e. The van der Waals surface area contributed by atoms with E-state index in [-0.39, 0.29) is 49.4 Å². The predicted molar refractivity (Wildman–Crippen MR) is 133 cm³/mol. The smallest absolute Gasteiger partial charge is 0.410 e. The van der Waals surface area contributed by atoms with Gasteiger partial charge in [0.2, 0.25) is 15.0 Å². The van der Waals surface area contributed by atoms with Crippen molar-refractivity contribution in [3.63, 3.8) is 0 Å². The van der Waals surface area contributed by atoms with Gasteiger partial charge < -0.3 is 19.3 Å². The van der Waals surface area contributed by atoms with Crippen LogP contribution in [0.4, 0.5) is 22.4 Å². The molecular weight excluding hydrogens is 560 g/mol. The monoisotopic (exact) mass is 588 g/mol. The molecule has 1 saturated heterocycles. The maximum Gasteiger partial charge on any atom is 0.410 e. The van der Waals surface area contributed by atoms with Crippen LogP contribution < -0.4 is 4.74 Å². The highest BCUT2D eigenvalue weighted by molar-refractivity contribution is 7.90. The zero-order valence-electron chi connectivity index (χ0n) is 22.3. The van der Waals surface area contributed by atoms with Gasteiger partial charge in [-0.3, -0.25) is 4.79 Å². The fraction of sp³-hybridized carbons (Fsp3) is 0.520. The Bertz CT molecular complexity index is 1430. The van der Waals surface area contributed by atoms with Crippen molar-refractivity contribution in [1.82, 2.24) is 19.8 Å². The molecule has 2 amide bonds. The minimum absolute atomic E-state index is 0.106. The molecular formula is C25H28F4N4O6S. The number of hydrogen-bond acceptors (Lipinski definition) is 8. The van der Waals surface area contributed by atoms with Crippen LogP contribution in [0.25, 0.3) is 11.3 Å². The van der Waals surface area contributed by atoms with Gasteiger partial charge in [-0.2, -0.15) is 8.78 Å². The summed E-state index contributed by atoms with van der Waals surface area (Å²) in [6.45, 7) is 5.24. The SMILES string of the molecule is CC(C)(C)OC(=O)N1CCN(C(=O)COc2c(F)cc(-c3nc(S(C)(=O)=O)nc4c3CCC4(F)F)cc2F)CC1. The van der Waals surface area contributed by atoms with Crippen LogP contribution in [0.2, 0.25) is 0 Å². The Hall–Kier alpha value is -3.49. The van der Waals surface area contributed by atoms with Gasteiger partial charge in [-0.15, -0.1) is 0 Å². The number of nitrogens with zero attached hydrogens (tertiary/aromatic N) is 4. The first-order valence-corrected chi connectivity index (χ1v) is 14.2. The highest BCUT2D eigenvalue weighted by Crippen LogP contribution is 2.44. The third kappa shape index (κ3) is 6.29. The van der Waals surface area contributed by atoms with Gasteiger partial charge in [0.15, 0.2) is 24.0 Å². The number of amides is 2. The van der Waals surface area contributed by atoms with Crippen LogP contribution in [0.15, 0.2) is 17.3 Å². The Morgan fingerprint density at radius 1 is 1.02 bits per heavy atom. The van der Waals surface area contributed by atoms with Crippen LogP contribution >= 0.6 is 0 Å². The summed E-state index contributed by atoms with van der Waals surface area (Å²) in [6, 6.07) is 1.54. The lowest BCUT2D eigenvalue weighted by atomic mass is 10.0. The normalized spacial score (nSPS) is 17.0. The summed E-state index contributed by atoms with van der Waals surface area (Å²) in [5.74, 6) is -7.35. The Labute approximate surface area is 228 Å². The number of benzene rings is 1. The summed E-state index contributed by atoms with van der Waals surface area (Å²) >= 11 is 0. The second kappa shape index (κ2) is 10.5. The Morgan fingerprint density at radius 2 is 1.60 bits per heavy atom. The van der Waals surface area contributed by atoms with Crippen LogP contribution in [-0.2, 0) is 31.7 Å². The number of fused-ring (bicyclic) bond motifs is 1. The number of carbonyl (C=O) groups is 2. The van der Waals surface area contributed by atoms with E-state index in [2.05, 4.69) is 9.97 Å². The first kappa shape index (κ1) is 29.5. The van der Waals surface area contributed by atoms with Gasteiger partial charge in [-0.1, -0.05) is 0 Å². The van der Waals surface area contributed by atoms with E-state index in [1.165, 1.54) is 9.80 Å². The molecule has 2 aromatic rings. The summed E-state index contributed by atoms with van der Waals surface area (Å²) in [7, 11) is -4.12. The predicted octanol–water partition coefficient (Wildman–Crippen LogP) is 3.32. The number of carbonyl (C=O) groups excluding carboxylic acids is 2. The van der Waals surface area contributed by atoms with Crippen LogP contribution in [0.3, 0.4) is 0 Å². The maximum absolute atomic E-state index is 14.9. The summed E-state index contributed by atoms with van der Waals surface area (Å²) < 4.78 is 93.0. The second-order valence-corrected chi connectivity index (χ2v) is 12.5. The van der Waals surface area contributed by atoms with Crippen molar-refractivity contribution in [3.8, 4) is 17.0 Å². The summed E-state index contributed by atoms with van der Waals surface area (Å²) in [4.78, 5) is 34.9. The number of piperazine rings is 1. The number of hydrogen-bond donors (Lipinski definition) is 0. The molecule has 0 atom stereocenters. The molecule has 0 unspecified atom stereocenters. The van der Waals surface area contributed by atoms with Crippen molar-refractivity contribution < 1.29 is 45.0 Å². The Morgan fingerprint density at radius 3 is 2.15 bits per heavy atom. The zero-order valence-corrected chi connectivity index (χ0v) is 23.1. The fourth-order valence-corrected chi connectivity index (χ4v) is 4.85. The Balaban J connectivity index is 1.48. The van der Waals surface area contributed by atoms with Crippen molar-refractivity contribution in [3.05, 3.63) is 35.0 Å². The topological polar surface area (TPSA) is 119 Å². The van der Waals surface area contributed by atoms with Crippen LogP contribution in [0.1, 0.15) is 38.4 Å². The standard InChI is InChI=1S/C25H28F4N4O6S/c1-24(2,3)39-23(35)33-9-7-32(8-10-33)18(34)13-38-20-16(26)11-14(12-17(20)27)19-15-5-6-25(28,29)21(15)31-22(30-19)40(4,36)37/h11-12H,5-10,13H2,1-4H3. The molecule has 1 aliphatic carbocycles. The van der Waals surface area contributed by atoms with Gasteiger partial charge in [0.25, 0.3) is 11.8 Å². The molecule has 15 heteroatoms. The van der Waals surface area contributed by atoms with Gasteiger partial charge in [0.05, 0.1) is 5.69 Å². The average molecular weight is 589 g/mol. The first-order valence-electron chi connectivity index (χ1n) is 12.3. The van der Waals surface area contributed by atoms with Gasteiger partial charge in [0.1, 0.15) is 11.3 Å². The van der Waals surface area contributed by atoms with Gasteiger partial charge in [-0.25, -0.2) is 32.0 Å². The second-order valence-electron chi connectivity index (χ2n) is 10.6. The fourth-order valence-electron chi connectivity index (χ4n) is 4.33. The van der Waals surface area contributed by atoms with Crippen molar-refractivity contribution in [1.29, 1.82) is 0 Å². The summed E-state index contributed by atoms with van der Waals surface area (Å²) in [5, 5.41) is -0.888. The molecule has 10 nitrogen and oxygen atoms in total. The minimum atomic E-state index is -4.12. The Kier molecular flexibility index (Phi) is 7.73. The quantitative estimate of drug-likeness (QED) is 0.386. The first-order chi connectivity index (χ1) is 18.5. The summed E-state index contributed by atoms with van der Waals surface area (Å²) in [5.41, 5.74) is -2.18. The van der Waals surface area contributed by atoms with E-state index in [4.69, 9.17) is 9.47 Å². The molecule has 1 aromatic carbocycles. The number of ether oxygens (including phenoxy) is 2. The molecule has 0 radical (unpaired) electrons. The van der Waals surface area contributed by atoms with Crippen molar-refractivity contribution in [2.45, 2.75) is 50.3 Å². The molecule has 40 heavy (non-hydrogen) atoms. The van der Waals surface area contributed by atoms with Crippen molar-refractivity contribution in [2.75, 3.05) is 39.0 Å². The van der Waals surface area contributed by atoms with Gasteiger partial charge >= 0.3 is 6.09 Å². The molecule has 1 aliphatic heterocycles. The van der Waals surface area contributed by atoms with Crippen LogP contribution in [0, 0.1) is 11.6 Å². The van der Waals surface area contributed by atoms with E-state index >= 15 is 0 Å². The zero-order chi connectivity index (χ0) is 29.6. The molecule has 2 aliphatic rings. The molecule has 4 rings (SSSR count). The maximum atomic E-state index is 14.9. The third-order valence-corrected chi connectivity index (χ3v) is 7.10. The van der Waals surface area contributed by atoms with Gasteiger partial charge in [-0.05, 0) is 39.3 Å². The average Bonchev–Trinajstić information content (AvgIpc) is 3.15. The lowest BCUT2D eigenvalue weighted by Crippen LogP contribution is -2.52. The summed E-state index contributed by atoms with van der Waals surface area (Å²) in [6.07, 6.45) is -0.657. The van der Waals surface area contributed by atoms with E-state index in [0.29, 0.717) is 0 Å². The van der Waals surface area contributed by atoms with Crippen molar-refractivity contribution >= 4 is 21.8 Å². The lowest BCUT2D eigenvalue weighted by Gasteiger charge is -2.35. The van der Waals surface area contributed by atoms with Gasteiger partial charge in [0, 0.05) is 50.0 Å². The van der Waals surface area contributed by atoms with Crippen LogP contribution in [-0.4, -0.2) is 84.8 Å². The van der Waals surface area contributed by atoms with E-state index in [0.717, 1.165) is 18.4 Å². The number of sulfone groups is 1. The largest absolute Gasteiger partial charge is 0.478 e. The number of rotatable bonds is 5. The molecule has 0 saturated carbocycles.